The van der Waals surface area contributed by atoms with E-state index in [1.165, 1.54) is 18.2 Å². The van der Waals surface area contributed by atoms with Crippen molar-refractivity contribution in [2.24, 2.45) is 0 Å². The molecule has 0 spiro atoms. The number of halogens is 2. The highest BCUT2D eigenvalue weighted by atomic mass is 35.5. The monoisotopic (exact) mass is 515 g/mol. The van der Waals surface area contributed by atoms with Crippen LogP contribution in [0.5, 0.6) is 0 Å². The van der Waals surface area contributed by atoms with Gasteiger partial charge in [0, 0.05) is 30.7 Å². The lowest BCUT2D eigenvalue weighted by Gasteiger charge is -2.49. The van der Waals surface area contributed by atoms with Crippen molar-refractivity contribution in [3.8, 4) is 0 Å². The minimum atomic E-state index is -0.646. The normalized spacial score (nSPS) is 20.4. The molecule has 0 aliphatic carbocycles. The van der Waals surface area contributed by atoms with Crippen molar-refractivity contribution in [1.29, 1.82) is 0 Å². The molecule has 2 aromatic carbocycles. The van der Waals surface area contributed by atoms with Gasteiger partial charge in [0.2, 0.25) is 5.91 Å². The number of ether oxygens (including phenoxy) is 2. The number of anilines is 1. The van der Waals surface area contributed by atoms with Crippen LogP contribution >= 0.6 is 11.6 Å². The second-order valence-electron chi connectivity index (χ2n) is 10.1. The Bertz CT molecular complexity index is 1120. The van der Waals surface area contributed by atoms with Gasteiger partial charge < -0.3 is 14.4 Å². The molecule has 2 unspecified atom stereocenters. The summed E-state index contributed by atoms with van der Waals surface area (Å²) in [5, 5.41) is 3.16. The number of amides is 2. The van der Waals surface area contributed by atoms with E-state index < -0.39 is 11.7 Å². The SMILES string of the molecule is CC(C)(C)OC(=O)Nc1cc(Cl)ccc1C=CC(=O)N1C2COCC1CN(Cc1ccc(F)cc1)C2. The van der Waals surface area contributed by atoms with Gasteiger partial charge in [0.1, 0.15) is 11.4 Å². The molecule has 2 atom stereocenters. The smallest absolute Gasteiger partial charge is 0.412 e. The summed E-state index contributed by atoms with van der Waals surface area (Å²) in [6.07, 6.45) is 2.59. The summed E-state index contributed by atoms with van der Waals surface area (Å²) < 4.78 is 24.3. The van der Waals surface area contributed by atoms with Crippen LogP contribution in [0.4, 0.5) is 14.9 Å². The molecule has 2 fully saturated rings. The average Bonchev–Trinajstić information content (AvgIpc) is 2.78. The number of nitrogens with one attached hydrogen (secondary N) is 1. The second kappa shape index (κ2) is 11.0. The topological polar surface area (TPSA) is 71.1 Å². The van der Waals surface area contributed by atoms with Crippen molar-refractivity contribution in [3.05, 3.63) is 70.5 Å². The third kappa shape index (κ3) is 6.84. The lowest BCUT2D eigenvalue weighted by Crippen LogP contribution is -2.65. The van der Waals surface area contributed by atoms with Gasteiger partial charge in [0.25, 0.3) is 0 Å². The molecule has 2 aliphatic heterocycles. The highest BCUT2D eigenvalue weighted by Gasteiger charge is 2.40. The van der Waals surface area contributed by atoms with Crippen molar-refractivity contribution in [2.75, 3.05) is 31.6 Å². The van der Waals surface area contributed by atoms with Gasteiger partial charge in [-0.1, -0.05) is 29.8 Å². The van der Waals surface area contributed by atoms with E-state index in [0.717, 1.165) is 5.56 Å². The molecule has 0 radical (unpaired) electrons. The van der Waals surface area contributed by atoms with Gasteiger partial charge >= 0.3 is 6.09 Å². The van der Waals surface area contributed by atoms with E-state index in [2.05, 4.69) is 10.2 Å². The van der Waals surface area contributed by atoms with E-state index in [4.69, 9.17) is 21.1 Å². The Hall–Kier alpha value is -2.94. The van der Waals surface area contributed by atoms with Crippen molar-refractivity contribution in [1.82, 2.24) is 9.80 Å². The van der Waals surface area contributed by atoms with Gasteiger partial charge in [0.05, 0.1) is 31.0 Å². The highest BCUT2D eigenvalue weighted by Crippen LogP contribution is 2.26. The van der Waals surface area contributed by atoms with Crippen LogP contribution in [0, 0.1) is 5.82 Å². The second-order valence-corrected chi connectivity index (χ2v) is 10.5. The number of carbonyl (C=O) groups excluding carboxylic acids is 2. The molecule has 192 valence electrons. The first-order valence-electron chi connectivity index (χ1n) is 11.9. The maximum atomic E-state index is 13.3. The van der Waals surface area contributed by atoms with E-state index in [1.54, 1.807) is 57.2 Å². The van der Waals surface area contributed by atoms with Crippen molar-refractivity contribution in [2.45, 2.75) is 45.0 Å². The molecule has 2 amide bonds. The molecule has 0 aromatic heterocycles. The predicted octanol–water partition coefficient (Wildman–Crippen LogP) is 4.95. The number of carbonyl (C=O) groups is 2. The number of nitrogens with zero attached hydrogens (tertiary/aromatic N) is 2. The van der Waals surface area contributed by atoms with E-state index in [9.17, 15) is 14.0 Å². The maximum Gasteiger partial charge on any atom is 0.412 e. The van der Waals surface area contributed by atoms with Crippen LogP contribution < -0.4 is 5.32 Å². The van der Waals surface area contributed by atoms with Gasteiger partial charge in [-0.3, -0.25) is 15.0 Å². The standard InChI is InChI=1S/C27H31ClFN3O4/c1-27(2,3)36-26(34)30-24-12-20(28)8-6-19(24)7-11-25(33)32-22-14-31(15-23(32)17-35-16-22)13-18-4-9-21(29)10-5-18/h4-12,22-23H,13-17H2,1-3H3,(H,30,34). The van der Waals surface area contributed by atoms with Crippen LogP contribution in [0.3, 0.4) is 0 Å². The number of rotatable bonds is 5. The lowest BCUT2D eigenvalue weighted by atomic mass is 10.0. The molecule has 2 bridgehead atoms. The van der Waals surface area contributed by atoms with Crippen LogP contribution in [0.25, 0.3) is 6.08 Å². The minimum Gasteiger partial charge on any atom is -0.444 e. The lowest BCUT2D eigenvalue weighted by molar-refractivity contribution is -0.150. The number of morpholine rings is 1. The molecule has 9 heteroatoms. The predicted molar refractivity (Wildman–Crippen MR) is 137 cm³/mol. The Morgan fingerprint density at radius 1 is 1.14 bits per heavy atom. The van der Waals surface area contributed by atoms with Crippen LogP contribution in [0.15, 0.2) is 48.5 Å². The van der Waals surface area contributed by atoms with Crippen molar-refractivity contribution < 1.29 is 23.5 Å². The molecule has 4 rings (SSSR count). The van der Waals surface area contributed by atoms with Gasteiger partial charge in [-0.15, -0.1) is 0 Å². The van der Waals surface area contributed by atoms with Crippen LogP contribution in [0.1, 0.15) is 31.9 Å². The minimum absolute atomic E-state index is 0.0836. The summed E-state index contributed by atoms with van der Waals surface area (Å²) in [7, 11) is 0. The molecule has 36 heavy (non-hydrogen) atoms. The number of piperazine rings is 1. The average molecular weight is 516 g/mol. The third-order valence-corrected chi connectivity index (χ3v) is 6.21. The number of hydrogen-bond donors (Lipinski definition) is 1. The van der Waals surface area contributed by atoms with Gasteiger partial charge in [0.15, 0.2) is 0 Å². The Labute approximate surface area is 215 Å². The molecule has 2 saturated heterocycles. The van der Waals surface area contributed by atoms with Crippen molar-refractivity contribution in [3.63, 3.8) is 0 Å². The van der Waals surface area contributed by atoms with E-state index >= 15 is 0 Å². The maximum absolute atomic E-state index is 13.3. The van der Waals surface area contributed by atoms with E-state index in [1.807, 2.05) is 4.90 Å². The summed E-state index contributed by atoms with van der Waals surface area (Å²) in [6, 6.07) is 11.4. The zero-order valence-corrected chi connectivity index (χ0v) is 21.4. The third-order valence-electron chi connectivity index (χ3n) is 5.98. The van der Waals surface area contributed by atoms with E-state index in [0.29, 0.717) is 49.1 Å². The molecule has 1 N–H and O–H groups in total. The number of fused-ring (bicyclic) bond motifs is 2. The van der Waals surface area contributed by atoms with Gasteiger partial charge in [-0.25, -0.2) is 9.18 Å². The van der Waals surface area contributed by atoms with Crippen molar-refractivity contribution >= 4 is 35.4 Å². The van der Waals surface area contributed by atoms with Gasteiger partial charge in [-0.2, -0.15) is 0 Å². The fourth-order valence-electron chi connectivity index (χ4n) is 4.53. The Kier molecular flexibility index (Phi) is 7.97. The molecular weight excluding hydrogens is 485 g/mol. The summed E-state index contributed by atoms with van der Waals surface area (Å²) in [5.41, 5.74) is 1.47. The van der Waals surface area contributed by atoms with E-state index in [-0.39, 0.29) is 23.8 Å². The first-order chi connectivity index (χ1) is 17.1. The summed E-state index contributed by atoms with van der Waals surface area (Å²) in [4.78, 5) is 29.7. The first kappa shape index (κ1) is 26.1. The molecule has 7 nitrogen and oxygen atoms in total. The Morgan fingerprint density at radius 3 is 2.44 bits per heavy atom. The first-order valence-corrected chi connectivity index (χ1v) is 12.3. The molecular formula is C27H31ClFN3O4. The number of benzene rings is 2. The fourth-order valence-corrected chi connectivity index (χ4v) is 4.70. The van der Waals surface area contributed by atoms with Crippen LogP contribution in [-0.2, 0) is 20.8 Å². The largest absolute Gasteiger partial charge is 0.444 e. The fraction of sp³-hybridized carbons (Fsp3) is 0.407. The quantitative estimate of drug-likeness (QED) is 0.570. The Morgan fingerprint density at radius 2 is 1.81 bits per heavy atom. The summed E-state index contributed by atoms with van der Waals surface area (Å²) in [5.74, 6) is -0.371. The van der Waals surface area contributed by atoms with Crippen LogP contribution in [-0.4, -0.2) is 65.8 Å². The summed E-state index contributed by atoms with van der Waals surface area (Å²) >= 11 is 6.13. The number of hydrogen-bond acceptors (Lipinski definition) is 5. The molecule has 0 saturated carbocycles. The molecule has 2 heterocycles. The zero-order valence-electron chi connectivity index (χ0n) is 20.7. The summed E-state index contributed by atoms with van der Waals surface area (Å²) in [6.45, 7) is 8.29. The molecule has 2 aliphatic rings. The Balaban J connectivity index is 1.44. The van der Waals surface area contributed by atoms with Crippen LogP contribution in [0.2, 0.25) is 5.02 Å². The van der Waals surface area contributed by atoms with Gasteiger partial charge in [-0.05, 0) is 62.2 Å². The zero-order chi connectivity index (χ0) is 25.9. The molecule has 2 aromatic rings. The highest BCUT2D eigenvalue weighted by molar-refractivity contribution is 6.31.